The third-order valence-corrected chi connectivity index (χ3v) is 2.13. The van der Waals surface area contributed by atoms with E-state index in [1.54, 1.807) is 0 Å². The van der Waals surface area contributed by atoms with Gasteiger partial charge in [-0.2, -0.15) is 0 Å². The van der Waals surface area contributed by atoms with Crippen molar-refractivity contribution < 1.29 is 5.11 Å². The fourth-order valence-electron chi connectivity index (χ4n) is 1.36. The molecule has 1 aromatic rings. The lowest BCUT2D eigenvalue weighted by molar-refractivity contribution is 0.100. The summed E-state index contributed by atoms with van der Waals surface area (Å²) < 4.78 is 0. The number of aliphatic hydroxyl groups is 1. The predicted molar refractivity (Wildman–Crippen MR) is 57.6 cm³/mol. The van der Waals surface area contributed by atoms with E-state index in [-0.39, 0.29) is 6.73 Å². The lowest BCUT2D eigenvalue weighted by atomic mass is 10.2. The monoisotopic (exact) mass is 194 g/mol. The van der Waals surface area contributed by atoms with Gasteiger partial charge < -0.3 is 10.8 Å². The minimum absolute atomic E-state index is 0.0922. The van der Waals surface area contributed by atoms with Crippen molar-refractivity contribution in [1.82, 2.24) is 4.90 Å². The molecule has 78 valence electrons. The summed E-state index contributed by atoms with van der Waals surface area (Å²) >= 11 is 0. The predicted octanol–water partition coefficient (Wildman–Crippen LogP) is 0.787. The van der Waals surface area contributed by atoms with Gasteiger partial charge in [0.15, 0.2) is 0 Å². The Kier molecular flexibility index (Phi) is 5.22. The van der Waals surface area contributed by atoms with E-state index in [0.29, 0.717) is 6.54 Å². The van der Waals surface area contributed by atoms with Gasteiger partial charge in [0.05, 0.1) is 6.73 Å². The number of hydrogen-bond acceptors (Lipinski definition) is 3. The first-order valence-corrected chi connectivity index (χ1v) is 4.94. The highest BCUT2D eigenvalue weighted by atomic mass is 16.3. The van der Waals surface area contributed by atoms with Crippen LogP contribution in [-0.4, -0.2) is 29.8 Å². The molecule has 0 spiro atoms. The molecule has 0 aliphatic heterocycles. The van der Waals surface area contributed by atoms with Gasteiger partial charge in [0.2, 0.25) is 0 Å². The van der Waals surface area contributed by atoms with Crippen molar-refractivity contribution in [2.75, 3.05) is 19.8 Å². The van der Waals surface area contributed by atoms with Crippen molar-refractivity contribution >= 4 is 0 Å². The maximum absolute atomic E-state index is 9.10. The number of aliphatic hydroxyl groups excluding tert-OH is 1. The number of hydrogen-bond donors (Lipinski definition) is 2. The normalized spacial score (nSPS) is 10.8. The maximum atomic E-state index is 9.10. The van der Waals surface area contributed by atoms with E-state index in [4.69, 9.17) is 10.8 Å². The second kappa shape index (κ2) is 6.54. The largest absolute Gasteiger partial charge is 0.381 e. The molecule has 14 heavy (non-hydrogen) atoms. The van der Waals surface area contributed by atoms with Gasteiger partial charge in [-0.05, 0) is 18.5 Å². The third kappa shape index (κ3) is 3.87. The van der Waals surface area contributed by atoms with Crippen molar-refractivity contribution in [3.8, 4) is 0 Å². The molecule has 3 heteroatoms. The molecular formula is C11H18N2O. The molecule has 0 bridgehead atoms. The van der Waals surface area contributed by atoms with Crippen molar-refractivity contribution in [2.45, 2.75) is 13.0 Å². The van der Waals surface area contributed by atoms with Crippen LogP contribution in [0.2, 0.25) is 0 Å². The quantitative estimate of drug-likeness (QED) is 0.658. The topological polar surface area (TPSA) is 49.5 Å². The lowest BCUT2D eigenvalue weighted by Crippen LogP contribution is -2.26. The molecule has 1 aromatic carbocycles. The van der Waals surface area contributed by atoms with Crippen LogP contribution in [0.5, 0.6) is 0 Å². The molecule has 0 atom stereocenters. The van der Waals surface area contributed by atoms with Crippen LogP contribution in [0.25, 0.3) is 0 Å². The second-order valence-corrected chi connectivity index (χ2v) is 3.32. The summed E-state index contributed by atoms with van der Waals surface area (Å²) in [5.41, 5.74) is 6.64. The molecule has 0 aliphatic rings. The van der Waals surface area contributed by atoms with Gasteiger partial charge >= 0.3 is 0 Å². The molecule has 0 fully saturated rings. The minimum atomic E-state index is 0.0922. The summed E-state index contributed by atoms with van der Waals surface area (Å²) in [5, 5.41) is 9.10. The molecule has 0 unspecified atom stereocenters. The smallest absolute Gasteiger partial charge is 0.0959 e. The van der Waals surface area contributed by atoms with Crippen LogP contribution in [0.3, 0.4) is 0 Å². The number of rotatable bonds is 6. The Morgan fingerprint density at radius 1 is 1.21 bits per heavy atom. The van der Waals surface area contributed by atoms with Gasteiger partial charge in [-0.1, -0.05) is 30.3 Å². The van der Waals surface area contributed by atoms with Crippen LogP contribution in [0, 0.1) is 0 Å². The summed E-state index contributed by atoms with van der Waals surface area (Å²) in [6.07, 6.45) is 0.924. The highest BCUT2D eigenvalue weighted by Gasteiger charge is 2.02. The highest BCUT2D eigenvalue weighted by Crippen LogP contribution is 2.03. The zero-order chi connectivity index (χ0) is 10.2. The van der Waals surface area contributed by atoms with Crippen molar-refractivity contribution in [1.29, 1.82) is 0 Å². The minimum Gasteiger partial charge on any atom is -0.381 e. The van der Waals surface area contributed by atoms with Crippen molar-refractivity contribution in [3.05, 3.63) is 35.9 Å². The maximum Gasteiger partial charge on any atom is 0.0959 e. The first-order chi connectivity index (χ1) is 6.86. The Balaban J connectivity index is 2.40. The molecule has 3 nitrogen and oxygen atoms in total. The molecule has 0 saturated heterocycles. The second-order valence-electron chi connectivity index (χ2n) is 3.32. The molecule has 0 aromatic heterocycles. The van der Waals surface area contributed by atoms with Gasteiger partial charge in [-0.25, -0.2) is 0 Å². The van der Waals surface area contributed by atoms with Crippen molar-refractivity contribution in [2.24, 2.45) is 5.73 Å². The average molecular weight is 194 g/mol. The average Bonchev–Trinajstić information content (AvgIpc) is 2.25. The molecule has 0 saturated carbocycles. The number of benzene rings is 1. The first-order valence-electron chi connectivity index (χ1n) is 4.94. The molecule has 0 radical (unpaired) electrons. The number of nitrogens with two attached hydrogens (primary N) is 1. The zero-order valence-electron chi connectivity index (χ0n) is 8.39. The van der Waals surface area contributed by atoms with Crippen LogP contribution in [0.4, 0.5) is 0 Å². The van der Waals surface area contributed by atoms with Crippen LogP contribution in [0.15, 0.2) is 30.3 Å². The van der Waals surface area contributed by atoms with Gasteiger partial charge in [-0.3, -0.25) is 4.90 Å². The molecular weight excluding hydrogens is 176 g/mol. The van der Waals surface area contributed by atoms with Crippen molar-refractivity contribution in [3.63, 3.8) is 0 Å². The highest BCUT2D eigenvalue weighted by molar-refractivity contribution is 5.14. The molecule has 1 rings (SSSR count). The molecule has 0 aliphatic carbocycles. The Morgan fingerprint density at radius 2 is 1.93 bits per heavy atom. The van der Waals surface area contributed by atoms with E-state index in [9.17, 15) is 0 Å². The zero-order valence-corrected chi connectivity index (χ0v) is 8.39. The molecule has 3 N–H and O–H groups in total. The summed E-state index contributed by atoms with van der Waals surface area (Å²) in [7, 11) is 0. The summed E-state index contributed by atoms with van der Waals surface area (Å²) in [4.78, 5) is 1.97. The third-order valence-electron chi connectivity index (χ3n) is 2.13. The Bertz CT molecular complexity index is 238. The van der Waals surface area contributed by atoms with E-state index in [2.05, 4.69) is 12.1 Å². The standard InChI is InChI=1S/C11H18N2O/c12-7-4-8-13(10-14)9-11-5-2-1-3-6-11/h1-3,5-6,14H,4,7-10,12H2. The SMILES string of the molecule is NCCCN(CO)Cc1ccccc1. The Labute approximate surface area is 85.2 Å². The van der Waals surface area contributed by atoms with Gasteiger partial charge in [0, 0.05) is 13.1 Å². The van der Waals surface area contributed by atoms with Gasteiger partial charge in [0.25, 0.3) is 0 Å². The van der Waals surface area contributed by atoms with Crippen LogP contribution in [0.1, 0.15) is 12.0 Å². The van der Waals surface area contributed by atoms with E-state index in [1.165, 1.54) is 5.56 Å². The van der Waals surface area contributed by atoms with Crippen LogP contribution < -0.4 is 5.73 Å². The van der Waals surface area contributed by atoms with E-state index in [1.807, 2.05) is 23.1 Å². The number of nitrogens with zero attached hydrogens (tertiary/aromatic N) is 1. The van der Waals surface area contributed by atoms with Crippen LogP contribution >= 0.6 is 0 Å². The summed E-state index contributed by atoms with van der Waals surface area (Å²) in [5.74, 6) is 0. The fraction of sp³-hybridized carbons (Fsp3) is 0.455. The van der Waals surface area contributed by atoms with E-state index in [0.717, 1.165) is 19.5 Å². The molecule has 0 amide bonds. The fourth-order valence-corrected chi connectivity index (χ4v) is 1.36. The summed E-state index contributed by atoms with van der Waals surface area (Å²) in [6, 6.07) is 10.1. The Morgan fingerprint density at radius 3 is 2.50 bits per heavy atom. The lowest BCUT2D eigenvalue weighted by Gasteiger charge is -2.18. The van der Waals surface area contributed by atoms with E-state index < -0.39 is 0 Å². The van der Waals surface area contributed by atoms with Gasteiger partial charge in [-0.15, -0.1) is 0 Å². The first kappa shape index (κ1) is 11.2. The van der Waals surface area contributed by atoms with E-state index >= 15 is 0 Å². The summed E-state index contributed by atoms with van der Waals surface area (Å²) in [6.45, 7) is 2.40. The molecule has 0 heterocycles. The van der Waals surface area contributed by atoms with Gasteiger partial charge in [0.1, 0.15) is 0 Å². The Hall–Kier alpha value is -0.900. The van der Waals surface area contributed by atoms with Crippen LogP contribution in [-0.2, 0) is 6.54 Å².